The zero-order valence-electron chi connectivity index (χ0n) is 20.7. The summed E-state index contributed by atoms with van der Waals surface area (Å²) in [5.74, 6) is 3.25. The van der Waals surface area contributed by atoms with Crippen molar-refractivity contribution in [3.8, 4) is 11.5 Å². The molecule has 3 aromatic carbocycles. The quantitative estimate of drug-likeness (QED) is 0.235. The summed E-state index contributed by atoms with van der Waals surface area (Å²) in [5, 5.41) is 4.95. The highest BCUT2D eigenvalue weighted by Gasteiger charge is 2.09. The fourth-order valence-corrected chi connectivity index (χ4v) is 4.36. The Balaban J connectivity index is 1.69. The molecular formula is C30H42O2. The van der Waals surface area contributed by atoms with Crippen molar-refractivity contribution in [1.82, 2.24) is 0 Å². The maximum atomic E-state index is 6.17. The summed E-state index contributed by atoms with van der Waals surface area (Å²) in [7, 11) is 0. The van der Waals surface area contributed by atoms with Crippen LogP contribution >= 0.6 is 0 Å². The van der Waals surface area contributed by atoms with Gasteiger partial charge in [-0.05, 0) is 82.6 Å². The predicted molar refractivity (Wildman–Crippen MR) is 139 cm³/mol. The van der Waals surface area contributed by atoms with E-state index in [-0.39, 0.29) is 0 Å². The highest BCUT2D eigenvalue weighted by molar-refractivity contribution is 5.99. The Morgan fingerprint density at radius 2 is 1.00 bits per heavy atom. The molecule has 0 saturated heterocycles. The summed E-state index contributed by atoms with van der Waals surface area (Å²) in [6.07, 6.45) is 9.96. The Bertz CT molecular complexity index is 882. The van der Waals surface area contributed by atoms with Crippen LogP contribution in [0.5, 0.6) is 11.5 Å². The molecule has 0 aromatic heterocycles. The SMILES string of the molecule is CCCCC(CC)COc1ccc2cc3cc(OCC(CC)CCCC)ccc3cc2c1. The zero-order valence-corrected chi connectivity index (χ0v) is 20.7. The minimum absolute atomic E-state index is 0.648. The molecular weight excluding hydrogens is 392 g/mol. The minimum atomic E-state index is 0.648. The summed E-state index contributed by atoms with van der Waals surface area (Å²) in [4.78, 5) is 0. The van der Waals surface area contributed by atoms with Crippen LogP contribution in [0, 0.1) is 11.8 Å². The van der Waals surface area contributed by atoms with Crippen molar-refractivity contribution in [2.75, 3.05) is 13.2 Å². The van der Waals surface area contributed by atoms with Crippen molar-refractivity contribution in [3.63, 3.8) is 0 Å². The summed E-state index contributed by atoms with van der Waals surface area (Å²) in [6.45, 7) is 10.7. The molecule has 0 N–H and O–H groups in total. The van der Waals surface area contributed by atoms with E-state index in [0.29, 0.717) is 11.8 Å². The molecule has 3 aromatic rings. The Hall–Kier alpha value is -2.22. The second-order valence-electron chi connectivity index (χ2n) is 9.33. The van der Waals surface area contributed by atoms with Gasteiger partial charge >= 0.3 is 0 Å². The van der Waals surface area contributed by atoms with Gasteiger partial charge in [-0.15, -0.1) is 0 Å². The van der Waals surface area contributed by atoms with Crippen LogP contribution in [-0.2, 0) is 0 Å². The van der Waals surface area contributed by atoms with Crippen LogP contribution in [0.3, 0.4) is 0 Å². The largest absolute Gasteiger partial charge is 0.493 e. The number of hydrogen-bond acceptors (Lipinski definition) is 2. The summed E-state index contributed by atoms with van der Waals surface area (Å²) < 4.78 is 12.3. The van der Waals surface area contributed by atoms with Gasteiger partial charge < -0.3 is 9.47 Å². The molecule has 0 aliphatic carbocycles. The first-order chi connectivity index (χ1) is 15.7. The van der Waals surface area contributed by atoms with E-state index in [1.165, 1.54) is 72.9 Å². The molecule has 0 fully saturated rings. The van der Waals surface area contributed by atoms with E-state index in [4.69, 9.17) is 9.47 Å². The lowest BCUT2D eigenvalue weighted by atomic mass is 10.0. The van der Waals surface area contributed by atoms with Crippen LogP contribution in [0.1, 0.15) is 79.1 Å². The predicted octanol–water partition coefficient (Wildman–Crippen LogP) is 9.18. The van der Waals surface area contributed by atoms with Gasteiger partial charge in [0.25, 0.3) is 0 Å². The first-order valence-electron chi connectivity index (χ1n) is 12.9. The van der Waals surface area contributed by atoms with E-state index >= 15 is 0 Å². The fraction of sp³-hybridized carbons (Fsp3) is 0.533. The average molecular weight is 435 g/mol. The van der Waals surface area contributed by atoms with Gasteiger partial charge in [0.05, 0.1) is 13.2 Å². The minimum Gasteiger partial charge on any atom is -0.493 e. The van der Waals surface area contributed by atoms with E-state index in [2.05, 4.69) is 76.2 Å². The number of ether oxygens (including phenoxy) is 2. The van der Waals surface area contributed by atoms with E-state index in [0.717, 1.165) is 24.7 Å². The van der Waals surface area contributed by atoms with Crippen LogP contribution in [0.4, 0.5) is 0 Å². The van der Waals surface area contributed by atoms with Crippen LogP contribution in [0.15, 0.2) is 48.5 Å². The van der Waals surface area contributed by atoms with Gasteiger partial charge in [0.15, 0.2) is 0 Å². The number of fused-ring (bicyclic) bond motifs is 2. The van der Waals surface area contributed by atoms with Gasteiger partial charge in [-0.2, -0.15) is 0 Å². The van der Waals surface area contributed by atoms with Crippen molar-refractivity contribution in [2.24, 2.45) is 11.8 Å². The molecule has 3 rings (SSSR count). The van der Waals surface area contributed by atoms with E-state index < -0.39 is 0 Å². The maximum Gasteiger partial charge on any atom is 0.119 e. The molecule has 2 nitrogen and oxygen atoms in total. The number of hydrogen-bond donors (Lipinski definition) is 0. The van der Waals surface area contributed by atoms with E-state index in [9.17, 15) is 0 Å². The van der Waals surface area contributed by atoms with Crippen LogP contribution in [0.2, 0.25) is 0 Å². The third kappa shape index (κ3) is 6.89. The molecule has 32 heavy (non-hydrogen) atoms. The standard InChI is InChI=1S/C30H42O2/c1-5-9-11-23(7-3)21-31-29-15-13-25-18-28-20-30(16-14-26(28)17-27(25)19-29)32-22-24(8-4)12-10-6-2/h13-20,23-24H,5-12,21-22H2,1-4H3. The van der Waals surface area contributed by atoms with Crippen molar-refractivity contribution in [2.45, 2.75) is 79.1 Å². The normalized spacial score (nSPS) is 13.4. The summed E-state index contributed by atoms with van der Waals surface area (Å²) in [6, 6.07) is 17.5. The third-order valence-corrected chi connectivity index (χ3v) is 6.80. The lowest BCUT2D eigenvalue weighted by molar-refractivity contribution is 0.233. The number of rotatable bonds is 14. The Labute approximate surface area is 195 Å². The molecule has 2 heteroatoms. The molecule has 0 saturated carbocycles. The molecule has 0 spiro atoms. The molecule has 174 valence electrons. The average Bonchev–Trinajstić information content (AvgIpc) is 2.82. The number of unbranched alkanes of at least 4 members (excludes halogenated alkanes) is 2. The second kappa shape index (κ2) is 12.7. The van der Waals surface area contributed by atoms with Gasteiger partial charge in [-0.1, -0.05) is 78.4 Å². The smallest absolute Gasteiger partial charge is 0.119 e. The Morgan fingerprint density at radius 1 is 0.562 bits per heavy atom. The second-order valence-corrected chi connectivity index (χ2v) is 9.33. The van der Waals surface area contributed by atoms with Crippen molar-refractivity contribution >= 4 is 21.5 Å². The first kappa shape index (κ1) is 24.4. The lowest BCUT2D eigenvalue weighted by Gasteiger charge is -2.16. The molecule has 0 amide bonds. The van der Waals surface area contributed by atoms with Crippen LogP contribution in [0.25, 0.3) is 21.5 Å². The van der Waals surface area contributed by atoms with E-state index in [1.807, 2.05) is 0 Å². The van der Waals surface area contributed by atoms with Gasteiger partial charge in [-0.25, -0.2) is 0 Å². The van der Waals surface area contributed by atoms with Gasteiger partial charge in [-0.3, -0.25) is 0 Å². The third-order valence-electron chi connectivity index (χ3n) is 6.80. The zero-order chi connectivity index (χ0) is 22.8. The molecule has 2 unspecified atom stereocenters. The molecule has 2 atom stereocenters. The van der Waals surface area contributed by atoms with Gasteiger partial charge in [0.2, 0.25) is 0 Å². The highest BCUT2D eigenvalue weighted by Crippen LogP contribution is 2.29. The monoisotopic (exact) mass is 434 g/mol. The van der Waals surface area contributed by atoms with Crippen molar-refractivity contribution in [1.29, 1.82) is 0 Å². The maximum absolute atomic E-state index is 6.17. The van der Waals surface area contributed by atoms with Crippen molar-refractivity contribution in [3.05, 3.63) is 48.5 Å². The molecule has 0 aliphatic heterocycles. The lowest BCUT2D eigenvalue weighted by Crippen LogP contribution is -2.11. The number of benzene rings is 3. The van der Waals surface area contributed by atoms with E-state index in [1.54, 1.807) is 0 Å². The summed E-state index contributed by atoms with van der Waals surface area (Å²) >= 11 is 0. The topological polar surface area (TPSA) is 18.5 Å². The van der Waals surface area contributed by atoms with Crippen LogP contribution < -0.4 is 9.47 Å². The molecule has 0 bridgehead atoms. The molecule has 0 aliphatic rings. The fourth-order valence-electron chi connectivity index (χ4n) is 4.36. The van der Waals surface area contributed by atoms with Gasteiger partial charge in [0.1, 0.15) is 11.5 Å². The molecule has 0 heterocycles. The van der Waals surface area contributed by atoms with Gasteiger partial charge in [0, 0.05) is 0 Å². The highest BCUT2D eigenvalue weighted by atomic mass is 16.5. The molecule has 0 radical (unpaired) electrons. The Morgan fingerprint density at radius 3 is 1.38 bits per heavy atom. The van der Waals surface area contributed by atoms with Crippen LogP contribution in [-0.4, -0.2) is 13.2 Å². The Kier molecular flexibility index (Phi) is 9.71. The summed E-state index contributed by atoms with van der Waals surface area (Å²) in [5.41, 5.74) is 0. The first-order valence-corrected chi connectivity index (χ1v) is 12.9. The van der Waals surface area contributed by atoms with Crippen molar-refractivity contribution < 1.29 is 9.47 Å².